The molecular formula is C2H4Na4O7P2. The second-order valence-electron chi connectivity index (χ2n) is 1.97. The van der Waals surface area contributed by atoms with Crippen LogP contribution in [0.3, 0.4) is 0 Å². The van der Waals surface area contributed by atoms with Crippen molar-refractivity contribution in [1.29, 1.82) is 0 Å². The molecule has 0 fully saturated rings. The van der Waals surface area contributed by atoms with E-state index in [2.05, 4.69) is 0 Å². The molecule has 0 aliphatic rings. The van der Waals surface area contributed by atoms with Gasteiger partial charge in [-0.3, -0.25) is 0 Å². The molecule has 0 spiro atoms. The number of rotatable bonds is 2. The molecule has 0 amide bonds. The SMILES string of the molecule is CC(O)(P(=O)([O-])[O-])P(=O)([O-])[O-].[Na+].[Na+].[Na+].[Na+]. The number of hydrogen-bond acceptors (Lipinski definition) is 7. The minimum Gasteiger partial charge on any atom is -0.808 e. The summed E-state index contributed by atoms with van der Waals surface area (Å²) in [7, 11) is -11.6. The minimum absolute atomic E-state index is 0. The first-order valence-corrected chi connectivity index (χ1v) is 5.35. The molecule has 68 valence electrons. The van der Waals surface area contributed by atoms with Gasteiger partial charge in [-0.1, -0.05) is 0 Å². The van der Waals surface area contributed by atoms with Gasteiger partial charge >= 0.3 is 118 Å². The van der Waals surface area contributed by atoms with Gasteiger partial charge in [-0.2, -0.15) is 0 Å². The van der Waals surface area contributed by atoms with Gasteiger partial charge in [0.2, 0.25) is 0 Å². The molecule has 1 N–H and O–H groups in total. The molecule has 7 nitrogen and oxygen atoms in total. The predicted molar refractivity (Wildman–Crippen MR) is 25.8 cm³/mol. The van der Waals surface area contributed by atoms with Gasteiger partial charge in [0.1, 0.15) is 5.08 Å². The Morgan fingerprint density at radius 2 is 1.00 bits per heavy atom. The average Bonchev–Trinajstić information content (AvgIpc) is 1.58. The molecule has 0 bridgehead atoms. The van der Waals surface area contributed by atoms with Crippen molar-refractivity contribution in [2.45, 2.75) is 12.0 Å². The minimum atomic E-state index is -5.82. The van der Waals surface area contributed by atoms with Gasteiger partial charge in [0.25, 0.3) is 0 Å². The first-order valence-electron chi connectivity index (χ1n) is 2.27. The number of hydrogen-bond donors (Lipinski definition) is 1. The van der Waals surface area contributed by atoms with Crippen LogP contribution in [0.5, 0.6) is 0 Å². The fourth-order valence-corrected chi connectivity index (χ4v) is 1.35. The fourth-order valence-electron chi connectivity index (χ4n) is 0.150. The zero-order valence-corrected chi connectivity index (χ0v) is 19.1. The summed E-state index contributed by atoms with van der Waals surface area (Å²) in [6, 6.07) is 0. The van der Waals surface area contributed by atoms with Crippen LogP contribution in [0.25, 0.3) is 0 Å². The zero-order chi connectivity index (χ0) is 9.50. The van der Waals surface area contributed by atoms with E-state index in [1.165, 1.54) is 0 Å². The van der Waals surface area contributed by atoms with Gasteiger partial charge in [-0.15, -0.1) is 0 Å². The van der Waals surface area contributed by atoms with E-state index in [1.807, 2.05) is 0 Å². The molecule has 0 saturated carbocycles. The van der Waals surface area contributed by atoms with Crippen molar-refractivity contribution in [3.8, 4) is 0 Å². The topological polar surface area (TPSA) is 147 Å². The largest absolute Gasteiger partial charge is 1.00 e. The van der Waals surface area contributed by atoms with Crippen LogP contribution in [0, 0.1) is 0 Å². The third-order valence-corrected chi connectivity index (χ3v) is 4.58. The van der Waals surface area contributed by atoms with Crippen LogP contribution in [0.4, 0.5) is 0 Å². The standard InChI is InChI=1S/C2H8O7P2.4Na/c1-2(3,10(4,5)6)11(7,8)9;;;;/h3H,1H3,(H2,4,5,6)(H2,7,8,9);;;;/q;4*+1/p-4. The van der Waals surface area contributed by atoms with Gasteiger partial charge in [-0.25, -0.2) is 0 Å². The summed E-state index contributed by atoms with van der Waals surface area (Å²) in [5.74, 6) is 0. The van der Waals surface area contributed by atoms with Gasteiger partial charge in [0.05, 0.1) is 0 Å². The Hall–Kier alpha value is 4.26. The van der Waals surface area contributed by atoms with Crippen LogP contribution in [0.2, 0.25) is 0 Å². The van der Waals surface area contributed by atoms with E-state index in [0.29, 0.717) is 0 Å². The van der Waals surface area contributed by atoms with Crippen LogP contribution in [-0.2, 0) is 9.13 Å². The van der Waals surface area contributed by atoms with Crippen molar-refractivity contribution in [3.05, 3.63) is 0 Å². The summed E-state index contributed by atoms with van der Waals surface area (Å²) in [4.78, 5) is 39.8. The Balaban J connectivity index is -0.0000000833. The molecule has 15 heavy (non-hydrogen) atoms. The summed E-state index contributed by atoms with van der Waals surface area (Å²) in [5.41, 5.74) is 0. The molecule has 0 aliphatic carbocycles. The first kappa shape index (κ1) is 31.6. The Bertz CT molecular complexity index is 219. The van der Waals surface area contributed by atoms with Crippen molar-refractivity contribution < 1.29 is 152 Å². The monoisotopic (exact) mass is 294 g/mol. The van der Waals surface area contributed by atoms with Crippen LogP contribution < -0.4 is 138 Å². The van der Waals surface area contributed by atoms with Gasteiger partial charge in [0, 0.05) is 0 Å². The van der Waals surface area contributed by atoms with Gasteiger partial charge in [0.15, 0.2) is 0 Å². The Kier molecular flexibility index (Phi) is 23.1. The molecule has 0 aromatic carbocycles. The molecule has 0 saturated heterocycles. The molecule has 0 aromatic heterocycles. The Labute approximate surface area is 176 Å². The molecule has 13 heteroatoms. The third-order valence-electron chi connectivity index (χ3n) is 1.04. The van der Waals surface area contributed by atoms with Crippen molar-refractivity contribution in [3.63, 3.8) is 0 Å². The Morgan fingerprint density at radius 3 is 1.00 bits per heavy atom. The maximum atomic E-state index is 9.95. The van der Waals surface area contributed by atoms with E-state index >= 15 is 0 Å². The molecular weight excluding hydrogens is 290 g/mol. The van der Waals surface area contributed by atoms with Crippen molar-refractivity contribution in [2.24, 2.45) is 0 Å². The maximum absolute atomic E-state index is 9.95. The smallest absolute Gasteiger partial charge is 0.808 e. The van der Waals surface area contributed by atoms with Crippen LogP contribution >= 0.6 is 15.2 Å². The van der Waals surface area contributed by atoms with Gasteiger partial charge in [-0.05, 0) is 22.1 Å². The fraction of sp³-hybridized carbons (Fsp3) is 1.00. The second-order valence-corrected chi connectivity index (χ2v) is 6.05. The predicted octanol–water partition coefficient (Wildman–Crippen LogP) is -15.5. The van der Waals surface area contributed by atoms with Crippen molar-refractivity contribution in [1.82, 2.24) is 0 Å². The summed E-state index contributed by atoms with van der Waals surface area (Å²) in [6.45, 7) is 0.133. The molecule has 0 unspecified atom stereocenters. The summed E-state index contributed by atoms with van der Waals surface area (Å²) in [6.07, 6.45) is 0. The van der Waals surface area contributed by atoms with Gasteiger partial charge < -0.3 is 33.8 Å². The summed E-state index contributed by atoms with van der Waals surface area (Å²) < 4.78 is 19.9. The third kappa shape index (κ3) is 9.74. The summed E-state index contributed by atoms with van der Waals surface area (Å²) >= 11 is 0. The van der Waals surface area contributed by atoms with E-state index < -0.39 is 20.3 Å². The van der Waals surface area contributed by atoms with Crippen molar-refractivity contribution in [2.75, 3.05) is 0 Å². The molecule has 0 aromatic rings. The van der Waals surface area contributed by atoms with E-state index in [-0.39, 0.29) is 125 Å². The number of aliphatic hydroxyl groups is 1. The molecule has 0 atom stereocenters. The zero-order valence-electron chi connectivity index (χ0n) is 9.29. The maximum Gasteiger partial charge on any atom is 1.00 e. The Morgan fingerprint density at radius 1 is 0.867 bits per heavy atom. The molecule has 0 aliphatic heterocycles. The second kappa shape index (κ2) is 11.0. The molecule has 0 rings (SSSR count). The van der Waals surface area contributed by atoms with E-state index in [1.54, 1.807) is 0 Å². The quantitative estimate of drug-likeness (QED) is 0.393. The van der Waals surface area contributed by atoms with Crippen LogP contribution in [0.1, 0.15) is 6.92 Å². The van der Waals surface area contributed by atoms with Crippen LogP contribution in [-0.4, -0.2) is 10.2 Å². The average molecular weight is 294 g/mol. The first-order chi connectivity index (χ1) is 4.50. The van der Waals surface area contributed by atoms with E-state index in [9.17, 15) is 28.7 Å². The normalized spacial score (nSPS) is 11.1. The van der Waals surface area contributed by atoms with E-state index in [4.69, 9.17) is 5.11 Å². The molecule has 0 heterocycles. The molecule has 0 radical (unpaired) electrons. The van der Waals surface area contributed by atoms with Crippen molar-refractivity contribution >= 4 is 15.2 Å². The van der Waals surface area contributed by atoms with E-state index in [0.717, 1.165) is 0 Å². The summed E-state index contributed by atoms with van der Waals surface area (Å²) in [5, 5.41) is 4.68. The van der Waals surface area contributed by atoms with Crippen LogP contribution in [0.15, 0.2) is 0 Å².